The Morgan fingerprint density at radius 1 is 1.38 bits per heavy atom. The largest absolute Gasteiger partial charge is 0.508 e. The molecule has 0 saturated carbocycles. The van der Waals surface area contributed by atoms with E-state index in [9.17, 15) is 10.2 Å². The Hall–Kier alpha value is -1.44. The topological polar surface area (TPSA) is 40.5 Å². The molecule has 1 aromatic rings. The Morgan fingerprint density at radius 3 is 2.54 bits per heavy atom. The van der Waals surface area contributed by atoms with Crippen LogP contribution in [0.3, 0.4) is 0 Å². The predicted octanol–water partition coefficient (Wildman–Crippen LogP) is 2.44. The average molecular weight is 178 g/mol. The van der Waals surface area contributed by atoms with Gasteiger partial charge in [-0.1, -0.05) is 6.08 Å². The fourth-order valence-electron chi connectivity index (χ4n) is 1.28. The highest BCUT2D eigenvalue weighted by Gasteiger charge is 2.10. The normalized spacial score (nSPS) is 10.0. The molecular weight excluding hydrogens is 164 g/mol. The average Bonchev–Trinajstić information content (AvgIpc) is 2.09. The molecule has 70 valence electrons. The summed E-state index contributed by atoms with van der Waals surface area (Å²) in [6, 6.07) is 1.66. The Bertz CT molecular complexity index is 340. The maximum absolute atomic E-state index is 9.68. The monoisotopic (exact) mass is 178 g/mol. The minimum atomic E-state index is 0.139. The van der Waals surface area contributed by atoms with Crippen molar-refractivity contribution in [3.8, 4) is 11.5 Å². The van der Waals surface area contributed by atoms with Crippen LogP contribution in [-0.2, 0) is 6.42 Å². The van der Waals surface area contributed by atoms with Gasteiger partial charge in [0.1, 0.15) is 11.5 Å². The van der Waals surface area contributed by atoms with Crippen LogP contribution in [0.2, 0.25) is 0 Å². The lowest BCUT2D eigenvalue weighted by Gasteiger charge is -2.10. The first-order valence-corrected chi connectivity index (χ1v) is 4.19. The molecule has 0 spiro atoms. The molecule has 1 aromatic carbocycles. The third-order valence-electron chi connectivity index (χ3n) is 2.24. The number of phenolic OH excluding ortho intramolecular Hbond substituents is 2. The molecule has 0 aliphatic carbocycles. The van der Waals surface area contributed by atoms with Gasteiger partial charge in [-0.05, 0) is 37.5 Å². The van der Waals surface area contributed by atoms with Crippen LogP contribution in [0.15, 0.2) is 18.7 Å². The standard InChI is InChI=1S/C11H14O2/c1-4-5-9-10(12)6-7(2)8(3)11(9)13/h4,6,12-13H,1,5H2,2-3H3. The van der Waals surface area contributed by atoms with E-state index in [-0.39, 0.29) is 11.5 Å². The van der Waals surface area contributed by atoms with Crippen molar-refractivity contribution in [2.75, 3.05) is 0 Å². The number of hydrogen-bond donors (Lipinski definition) is 2. The van der Waals surface area contributed by atoms with Crippen molar-refractivity contribution in [3.63, 3.8) is 0 Å². The fraction of sp³-hybridized carbons (Fsp3) is 0.273. The molecule has 0 aliphatic rings. The van der Waals surface area contributed by atoms with Gasteiger partial charge in [-0.25, -0.2) is 0 Å². The summed E-state index contributed by atoms with van der Waals surface area (Å²) in [6.45, 7) is 7.25. The summed E-state index contributed by atoms with van der Waals surface area (Å²) in [5, 5.41) is 19.2. The van der Waals surface area contributed by atoms with Crippen molar-refractivity contribution in [1.82, 2.24) is 0 Å². The molecule has 0 aliphatic heterocycles. The summed E-state index contributed by atoms with van der Waals surface area (Å²) in [5.74, 6) is 0.318. The highest BCUT2D eigenvalue weighted by molar-refractivity contribution is 5.52. The number of phenols is 2. The van der Waals surface area contributed by atoms with Crippen molar-refractivity contribution in [2.24, 2.45) is 0 Å². The minimum absolute atomic E-state index is 0.139. The van der Waals surface area contributed by atoms with Crippen LogP contribution in [0.4, 0.5) is 0 Å². The van der Waals surface area contributed by atoms with Crippen LogP contribution in [0.1, 0.15) is 16.7 Å². The second-order valence-corrected chi connectivity index (χ2v) is 3.16. The van der Waals surface area contributed by atoms with Crippen molar-refractivity contribution in [2.45, 2.75) is 20.3 Å². The molecule has 2 N–H and O–H groups in total. The Balaban J connectivity index is 3.34. The number of aryl methyl sites for hydroxylation is 1. The number of allylic oxidation sites excluding steroid dienone is 1. The zero-order chi connectivity index (χ0) is 10.0. The molecule has 0 aromatic heterocycles. The molecule has 0 bridgehead atoms. The predicted molar refractivity (Wildman–Crippen MR) is 53.1 cm³/mol. The molecule has 1 rings (SSSR count). The van der Waals surface area contributed by atoms with Crippen LogP contribution in [0.5, 0.6) is 11.5 Å². The van der Waals surface area contributed by atoms with Crippen LogP contribution < -0.4 is 0 Å². The van der Waals surface area contributed by atoms with Gasteiger partial charge in [0.25, 0.3) is 0 Å². The first kappa shape index (κ1) is 9.65. The summed E-state index contributed by atoms with van der Waals surface area (Å²) in [7, 11) is 0. The SMILES string of the molecule is C=CCc1c(O)cc(C)c(C)c1O. The van der Waals surface area contributed by atoms with Gasteiger partial charge in [0.15, 0.2) is 0 Å². The first-order valence-electron chi connectivity index (χ1n) is 4.19. The van der Waals surface area contributed by atoms with E-state index in [0.29, 0.717) is 12.0 Å². The molecule has 0 unspecified atom stereocenters. The zero-order valence-electron chi connectivity index (χ0n) is 7.96. The summed E-state index contributed by atoms with van der Waals surface area (Å²) in [5.41, 5.74) is 2.26. The van der Waals surface area contributed by atoms with E-state index in [4.69, 9.17) is 0 Å². The van der Waals surface area contributed by atoms with E-state index in [1.807, 2.05) is 13.8 Å². The van der Waals surface area contributed by atoms with Gasteiger partial charge in [0, 0.05) is 5.56 Å². The smallest absolute Gasteiger partial charge is 0.125 e. The van der Waals surface area contributed by atoms with Crippen LogP contribution >= 0.6 is 0 Å². The fourth-order valence-corrected chi connectivity index (χ4v) is 1.28. The van der Waals surface area contributed by atoms with Gasteiger partial charge in [-0.2, -0.15) is 0 Å². The van der Waals surface area contributed by atoms with Crippen molar-refractivity contribution >= 4 is 0 Å². The van der Waals surface area contributed by atoms with E-state index < -0.39 is 0 Å². The summed E-state index contributed by atoms with van der Waals surface area (Å²) >= 11 is 0. The van der Waals surface area contributed by atoms with Crippen molar-refractivity contribution < 1.29 is 10.2 Å². The van der Waals surface area contributed by atoms with Crippen LogP contribution in [-0.4, -0.2) is 10.2 Å². The van der Waals surface area contributed by atoms with Gasteiger partial charge in [-0.15, -0.1) is 6.58 Å². The molecule has 0 fully saturated rings. The highest BCUT2D eigenvalue weighted by Crippen LogP contribution is 2.33. The highest BCUT2D eigenvalue weighted by atomic mass is 16.3. The van der Waals surface area contributed by atoms with Gasteiger partial charge in [0.05, 0.1) is 0 Å². The third kappa shape index (κ3) is 1.66. The molecule has 2 nitrogen and oxygen atoms in total. The third-order valence-corrected chi connectivity index (χ3v) is 2.24. The molecule has 2 heteroatoms. The number of aromatic hydroxyl groups is 2. The van der Waals surface area contributed by atoms with E-state index in [1.54, 1.807) is 12.1 Å². The lowest BCUT2D eigenvalue weighted by atomic mass is 10.0. The molecule has 0 saturated heterocycles. The Labute approximate surface area is 78.2 Å². The van der Waals surface area contributed by atoms with Gasteiger partial charge in [-0.3, -0.25) is 0 Å². The lowest BCUT2D eigenvalue weighted by molar-refractivity contribution is 0.437. The van der Waals surface area contributed by atoms with Crippen LogP contribution in [0.25, 0.3) is 0 Å². The van der Waals surface area contributed by atoms with E-state index in [1.165, 1.54) is 0 Å². The van der Waals surface area contributed by atoms with Crippen LogP contribution in [0, 0.1) is 13.8 Å². The quantitative estimate of drug-likeness (QED) is 0.683. The summed E-state index contributed by atoms with van der Waals surface area (Å²) in [6.07, 6.45) is 2.14. The molecule has 0 heterocycles. The minimum Gasteiger partial charge on any atom is -0.508 e. The maximum atomic E-state index is 9.68. The van der Waals surface area contributed by atoms with Gasteiger partial charge in [0.2, 0.25) is 0 Å². The second-order valence-electron chi connectivity index (χ2n) is 3.16. The van der Waals surface area contributed by atoms with E-state index in [2.05, 4.69) is 6.58 Å². The van der Waals surface area contributed by atoms with Crippen molar-refractivity contribution in [3.05, 3.63) is 35.4 Å². The number of hydrogen-bond acceptors (Lipinski definition) is 2. The van der Waals surface area contributed by atoms with E-state index >= 15 is 0 Å². The number of benzene rings is 1. The number of rotatable bonds is 2. The molecular formula is C11H14O2. The lowest BCUT2D eigenvalue weighted by Crippen LogP contribution is -1.90. The van der Waals surface area contributed by atoms with Gasteiger partial charge < -0.3 is 10.2 Å². The molecule has 0 radical (unpaired) electrons. The van der Waals surface area contributed by atoms with Gasteiger partial charge >= 0.3 is 0 Å². The molecule has 13 heavy (non-hydrogen) atoms. The summed E-state index contributed by atoms with van der Waals surface area (Å²) in [4.78, 5) is 0. The maximum Gasteiger partial charge on any atom is 0.125 e. The van der Waals surface area contributed by atoms with Crippen molar-refractivity contribution in [1.29, 1.82) is 0 Å². The second kappa shape index (κ2) is 3.52. The first-order chi connectivity index (χ1) is 6.07. The zero-order valence-corrected chi connectivity index (χ0v) is 7.96. The Kier molecular flexibility index (Phi) is 2.61. The molecule has 0 atom stereocenters. The molecule has 0 amide bonds. The van der Waals surface area contributed by atoms with E-state index in [0.717, 1.165) is 11.1 Å². The Morgan fingerprint density at radius 2 is 2.00 bits per heavy atom. The summed E-state index contributed by atoms with van der Waals surface area (Å²) < 4.78 is 0.